The first-order valence-electron chi connectivity index (χ1n) is 5.55. The van der Waals surface area contributed by atoms with E-state index in [0.717, 1.165) is 0 Å². The molecule has 0 aliphatic carbocycles. The lowest BCUT2D eigenvalue weighted by atomic mass is 10.1. The number of ketones is 1. The van der Waals surface area contributed by atoms with Gasteiger partial charge in [-0.25, -0.2) is 0 Å². The summed E-state index contributed by atoms with van der Waals surface area (Å²) in [6, 6.07) is 0. The summed E-state index contributed by atoms with van der Waals surface area (Å²) < 4.78 is 9.47. The van der Waals surface area contributed by atoms with Crippen molar-refractivity contribution >= 4 is 49.6 Å². The zero-order valence-electron chi connectivity index (χ0n) is 10.3. The molecular formula is C11H16Br2O5. The van der Waals surface area contributed by atoms with E-state index in [-0.39, 0.29) is 31.8 Å². The molecule has 0 heterocycles. The third kappa shape index (κ3) is 7.10. The van der Waals surface area contributed by atoms with Crippen LogP contribution in [0.15, 0.2) is 0 Å². The van der Waals surface area contributed by atoms with Gasteiger partial charge in [-0.1, -0.05) is 31.9 Å². The van der Waals surface area contributed by atoms with Crippen molar-refractivity contribution in [1.29, 1.82) is 0 Å². The molecule has 0 saturated carbocycles. The molecular weight excluding hydrogens is 372 g/mol. The first-order valence-corrected chi connectivity index (χ1v) is 7.38. The van der Waals surface area contributed by atoms with Crippen LogP contribution in [0.5, 0.6) is 0 Å². The summed E-state index contributed by atoms with van der Waals surface area (Å²) in [7, 11) is 0. The number of Topliss-reactive ketones (excluding diaryl/α,β-unsaturated/α-hetero) is 1. The molecule has 0 aliphatic heterocycles. The molecule has 104 valence electrons. The Morgan fingerprint density at radius 2 is 1.22 bits per heavy atom. The van der Waals surface area contributed by atoms with Gasteiger partial charge >= 0.3 is 11.9 Å². The van der Waals surface area contributed by atoms with E-state index in [2.05, 4.69) is 31.9 Å². The lowest BCUT2D eigenvalue weighted by Gasteiger charge is -2.12. The maximum Gasteiger partial charge on any atom is 0.307 e. The Kier molecular flexibility index (Phi) is 9.27. The highest BCUT2D eigenvalue weighted by atomic mass is 79.9. The van der Waals surface area contributed by atoms with E-state index < -0.39 is 21.6 Å². The van der Waals surface area contributed by atoms with Crippen LogP contribution in [-0.4, -0.2) is 40.6 Å². The number of carbonyl (C=O) groups is 3. The van der Waals surface area contributed by atoms with E-state index in [9.17, 15) is 14.4 Å². The second kappa shape index (κ2) is 9.49. The SMILES string of the molecule is CCOC(=O)CC(Br)C(=O)C(Br)CC(=O)OCC. The van der Waals surface area contributed by atoms with Gasteiger partial charge < -0.3 is 9.47 Å². The molecule has 0 amide bonds. The first-order chi connectivity index (χ1) is 8.42. The van der Waals surface area contributed by atoms with E-state index in [1.807, 2.05) is 0 Å². The second-order valence-electron chi connectivity index (χ2n) is 3.36. The topological polar surface area (TPSA) is 69.7 Å². The standard InChI is InChI=1S/C11H16Br2O5/c1-3-17-9(14)5-7(12)11(16)8(13)6-10(15)18-4-2/h7-8H,3-6H2,1-2H3. The minimum absolute atomic E-state index is 0.0579. The van der Waals surface area contributed by atoms with Crippen LogP contribution in [0, 0.1) is 0 Å². The average molecular weight is 388 g/mol. The molecule has 0 aliphatic rings. The van der Waals surface area contributed by atoms with Gasteiger partial charge in [0.25, 0.3) is 0 Å². The quantitative estimate of drug-likeness (QED) is 0.470. The van der Waals surface area contributed by atoms with Gasteiger partial charge in [-0.15, -0.1) is 0 Å². The van der Waals surface area contributed by atoms with Crippen molar-refractivity contribution in [3.8, 4) is 0 Å². The zero-order valence-corrected chi connectivity index (χ0v) is 13.5. The van der Waals surface area contributed by atoms with Gasteiger partial charge in [-0.3, -0.25) is 14.4 Å². The van der Waals surface area contributed by atoms with Crippen molar-refractivity contribution in [2.45, 2.75) is 36.3 Å². The number of hydrogen-bond donors (Lipinski definition) is 0. The minimum atomic E-state index is -0.671. The normalized spacial score (nSPS) is 13.6. The maximum atomic E-state index is 11.8. The summed E-state index contributed by atoms with van der Waals surface area (Å²) in [6.07, 6.45) is -0.116. The van der Waals surface area contributed by atoms with Gasteiger partial charge in [-0.05, 0) is 13.8 Å². The van der Waals surface area contributed by atoms with Gasteiger partial charge in [-0.2, -0.15) is 0 Å². The van der Waals surface area contributed by atoms with Crippen LogP contribution in [0.25, 0.3) is 0 Å². The van der Waals surface area contributed by atoms with Crippen molar-refractivity contribution in [3.05, 3.63) is 0 Å². The monoisotopic (exact) mass is 386 g/mol. The second-order valence-corrected chi connectivity index (χ2v) is 5.57. The summed E-state index contributed by atoms with van der Waals surface area (Å²) >= 11 is 6.22. The number of rotatable bonds is 8. The van der Waals surface area contributed by atoms with E-state index in [1.165, 1.54) is 0 Å². The van der Waals surface area contributed by atoms with Crippen molar-refractivity contribution in [2.75, 3.05) is 13.2 Å². The Morgan fingerprint density at radius 3 is 1.50 bits per heavy atom. The van der Waals surface area contributed by atoms with Gasteiger partial charge in [0.2, 0.25) is 0 Å². The lowest BCUT2D eigenvalue weighted by molar-refractivity contribution is -0.144. The summed E-state index contributed by atoms with van der Waals surface area (Å²) in [4.78, 5) is 32.9. The number of hydrogen-bond acceptors (Lipinski definition) is 5. The number of ether oxygens (including phenoxy) is 2. The van der Waals surface area contributed by atoms with Crippen molar-refractivity contribution in [1.82, 2.24) is 0 Å². The van der Waals surface area contributed by atoms with Crippen LogP contribution < -0.4 is 0 Å². The highest BCUT2D eigenvalue weighted by Crippen LogP contribution is 2.17. The van der Waals surface area contributed by atoms with E-state index >= 15 is 0 Å². The fraction of sp³-hybridized carbons (Fsp3) is 0.727. The number of carbonyl (C=O) groups excluding carboxylic acids is 3. The largest absolute Gasteiger partial charge is 0.466 e. The molecule has 0 bridgehead atoms. The number of esters is 2. The summed E-state index contributed by atoms with van der Waals surface area (Å²) in [5, 5.41) is 0. The molecule has 0 aromatic rings. The third-order valence-corrected chi connectivity index (χ3v) is 3.47. The minimum Gasteiger partial charge on any atom is -0.466 e. The fourth-order valence-electron chi connectivity index (χ4n) is 1.13. The predicted octanol–water partition coefficient (Wildman–Crippen LogP) is 1.99. The summed E-state index contributed by atoms with van der Waals surface area (Å²) in [6.45, 7) is 3.93. The smallest absolute Gasteiger partial charge is 0.307 e. The van der Waals surface area contributed by atoms with Crippen molar-refractivity contribution in [2.24, 2.45) is 0 Å². The van der Waals surface area contributed by atoms with E-state index in [1.54, 1.807) is 13.8 Å². The molecule has 2 atom stereocenters. The molecule has 0 aromatic heterocycles. The van der Waals surface area contributed by atoms with E-state index in [4.69, 9.17) is 9.47 Å². The Balaban J connectivity index is 4.19. The molecule has 0 radical (unpaired) electrons. The number of alkyl halides is 2. The van der Waals surface area contributed by atoms with Crippen molar-refractivity contribution < 1.29 is 23.9 Å². The number of halogens is 2. The van der Waals surface area contributed by atoms with Crippen LogP contribution in [0.2, 0.25) is 0 Å². The molecule has 0 rings (SSSR count). The maximum absolute atomic E-state index is 11.8. The van der Waals surface area contributed by atoms with Gasteiger partial charge in [0.05, 0.1) is 35.7 Å². The average Bonchev–Trinajstić information content (AvgIpc) is 2.28. The van der Waals surface area contributed by atoms with Gasteiger partial charge in [0.1, 0.15) is 0 Å². The molecule has 18 heavy (non-hydrogen) atoms. The Hall–Kier alpha value is -0.430. The molecule has 2 unspecified atom stereocenters. The predicted molar refractivity (Wildman–Crippen MR) is 72.9 cm³/mol. The first kappa shape index (κ1) is 17.6. The summed E-state index contributed by atoms with van der Waals surface area (Å²) in [5.41, 5.74) is 0. The fourth-order valence-corrected chi connectivity index (χ4v) is 2.65. The molecule has 0 N–H and O–H groups in total. The highest BCUT2D eigenvalue weighted by molar-refractivity contribution is 9.10. The zero-order chi connectivity index (χ0) is 14.1. The van der Waals surface area contributed by atoms with Crippen LogP contribution in [0.1, 0.15) is 26.7 Å². The third-order valence-electron chi connectivity index (χ3n) is 1.92. The summed E-state index contributed by atoms with van der Waals surface area (Å²) in [5.74, 6) is -1.19. The Bertz CT molecular complexity index is 278. The van der Waals surface area contributed by atoms with Crippen LogP contribution in [0.3, 0.4) is 0 Å². The Labute approximate surface area is 123 Å². The van der Waals surface area contributed by atoms with Crippen molar-refractivity contribution in [3.63, 3.8) is 0 Å². The molecule has 0 saturated heterocycles. The molecule has 7 heteroatoms. The van der Waals surface area contributed by atoms with E-state index in [0.29, 0.717) is 0 Å². The van der Waals surface area contributed by atoms with Crippen LogP contribution in [0.4, 0.5) is 0 Å². The molecule has 0 aromatic carbocycles. The molecule has 0 fully saturated rings. The highest BCUT2D eigenvalue weighted by Gasteiger charge is 2.27. The molecule has 5 nitrogen and oxygen atoms in total. The Morgan fingerprint density at radius 1 is 0.889 bits per heavy atom. The lowest BCUT2D eigenvalue weighted by Crippen LogP contribution is -2.29. The van der Waals surface area contributed by atoms with Crippen LogP contribution in [-0.2, 0) is 23.9 Å². The van der Waals surface area contributed by atoms with Gasteiger partial charge in [0, 0.05) is 0 Å². The van der Waals surface area contributed by atoms with Crippen LogP contribution >= 0.6 is 31.9 Å². The van der Waals surface area contributed by atoms with Gasteiger partial charge in [0.15, 0.2) is 5.78 Å². The molecule has 0 spiro atoms.